The van der Waals surface area contributed by atoms with Gasteiger partial charge in [0, 0.05) is 27.7 Å². The summed E-state index contributed by atoms with van der Waals surface area (Å²) >= 11 is 3.57. The van der Waals surface area contributed by atoms with Crippen molar-refractivity contribution >= 4 is 27.3 Å². The zero-order valence-corrected chi connectivity index (χ0v) is 14.2. The van der Waals surface area contributed by atoms with Crippen LogP contribution in [0.4, 0.5) is 5.69 Å². The maximum Gasteiger partial charge on any atom is 0.134 e. The van der Waals surface area contributed by atoms with Gasteiger partial charge in [0.15, 0.2) is 0 Å². The number of aryl methyl sites for hydroxylation is 1. The lowest BCUT2D eigenvalue weighted by Crippen LogP contribution is -2.07. The number of rotatable bonds is 1. The van der Waals surface area contributed by atoms with Crippen LogP contribution < -0.4 is 5.73 Å². The van der Waals surface area contributed by atoms with E-state index in [1.165, 1.54) is 5.56 Å². The SMILES string of the molecule is Cc1cn2c(n1)Cc1ccc(Br)cc1C(c1ccc(N)cc1)=N2. The van der Waals surface area contributed by atoms with E-state index in [1.54, 1.807) is 0 Å². The Labute approximate surface area is 142 Å². The molecule has 0 saturated heterocycles. The van der Waals surface area contributed by atoms with Gasteiger partial charge in [-0.15, -0.1) is 0 Å². The van der Waals surface area contributed by atoms with E-state index in [-0.39, 0.29) is 0 Å². The Hall–Kier alpha value is -2.40. The van der Waals surface area contributed by atoms with Crippen molar-refractivity contribution in [2.75, 3.05) is 5.73 Å². The summed E-state index contributed by atoms with van der Waals surface area (Å²) in [6, 6.07) is 14.1. The summed E-state index contributed by atoms with van der Waals surface area (Å²) in [5.41, 5.74) is 11.8. The van der Waals surface area contributed by atoms with E-state index in [1.807, 2.05) is 42.1 Å². The standard InChI is InChI=1S/C18H15BrN4/c1-11-10-23-17(21-11)8-13-2-5-14(19)9-16(13)18(22-23)12-3-6-15(20)7-4-12/h2-7,9-10H,8,20H2,1H3. The van der Waals surface area contributed by atoms with Gasteiger partial charge in [-0.3, -0.25) is 0 Å². The van der Waals surface area contributed by atoms with Crippen LogP contribution in [-0.4, -0.2) is 15.4 Å². The molecule has 2 heterocycles. The van der Waals surface area contributed by atoms with Crippen molar-refractivity contribution in [2.24, 2.45) is 5.10 Å². The minimum atomic E-state index is 0.747. The molecule has 5 heteroatoms. The maximum atomic E-state index is 5.82. The molecule has 0 fully saturated rings. The van der Waals surface area contributed by atoms with Crippen LogP contribution >= 0.6 is 15.9 Å². The third-order valence-electron chi connectivity index (χ3n) is 3.95. The second-order valence-electron chi connectivity index (χ2n) is 5.69. The molecule has 2 aromatic carbocycles. The molecule has 1 aromatic heterocycles. The van der Waals surface area contributed by atoms with Crippen molar-refractivity contribution in [3.63, 3.8) is 0 Å². The highest BCUT2D eigenvalue weighted by Gasteiger charge is 2.19. The van der Waals surface area contributed by atoms with Crippen LogP contribution in [0.5, 0.6) is 0 Å². The highest BCUT2D eigenvalue weighted by atomic mass is 79.9. The second kappa shape index (κ2) is 5.35. The Kier molecular flexibility index (Phi) is 3.31. The zero-order chi connectivity index (χ0) is 16.0. The molecule has 0 amide bonds. The number of hydrogen-bond donors (Lipinski definition) is 1. The molecule has 4 nitrogen and oxygen atoms in total. The average Bonchev–Trinajstić information content (AvgIpc) is 2.80. The summed E-state index contributed by atoms with van der Waals surface area (Å²) in [7, 11) is 0. The highest BCUT2D eigenvalue weighted by molar-refractivity contribution is 9.10. The first-order valence-electron chi connectivity index (χ1n) is 7.39. The van der Waals surface area contributed by atoms with Crippen LogP contribution in [0.3, 0.4) is 0 Å². The minimum Gasteiger partial charge on any atom is -0.399 e. The van der Waals surface area contributed by atoms with Crippen LogP contribution in [-0.2, 0) is 6.42 Å². The first-order chi connectivity index (χ1) is 11.1. The fraction of sp³-hybridized carbons (Fsp3) is 0.111. The minimum absolute atomic E-state index is 0.747. The van der Waals surface area contributed by atoms with E-state index in [4.69, 9.17) is 10.8 Å². The lowest BCUT2D eigenvalue weighted by molar-refractivity contribution is 0.806. The average molecular weight is 367 g/mol. The number of imidazole rings is 1. The lowest BCUT2D eigenvalue weighted by atomic mass is 9.96. The number of nitrogens with zero attached hydrogens (tertiary/aromatic N) is 3. The topological polar surface area (TPSA) is 56.2 Å². The van der Waals surface area contributed by atoms with E-state index >= 15 is 0 Å². The Balaban J connectivity index is 1.98. The summed E-state index contributed by atoms with van der Waals surface area (Å²) in [5, 5.41) is 4.85. The number of hydrogen-bond acceptors (Lipinski definition) is 3. The quantitative estimate of drug-likeness (QED) is 0.521. The van der Waals surface area contributed by atoms with Crippen LogP contribution in [0.15, 0.2) is 58.2 Å². The fourth-order valence-corrected chi connectivity index (χ4v) is 3.21. The molecular weight excluding hydrogens is 352 g/mol. The summed E-state index contributed by atoms with van der Waals surface area (Å²) in [4.78, 5) is 4.60. The van der Waals surface area contributed by atoms with E-state index < -0.39 is 0 Å². The number of aromatic nitrogens is 2. The number of halogens is 1. The number of fused-ring (bicyclic) bond motifs is 2. The normalized spacial score (nSPS) is 13.0. The number of nitrogens with two attached hydrogens (primary N) is 1. The van der Waals surface area contributed by atoms with Gasteiger partial charge >= 0.3 is 0 Å². The Bertz CT molecular complexity index is 923. The predicted molar refractivity (Wildman–Crippen MR) is 95.8 cm³/mol. The van der Waals surface area contributed by atoms with Gasteiger partial charge < -0.3 is 5.73 Å². The van der Waals surface area contributed by atoms with Crippen molar-refractivity contribution in [1.82, 2.24) is 9.66 Å². The molecule has 3 aromatic rings. The molecule has 0 saturated carbocycles. The summed E-state index contributed by atoms with van der Waals surface area (Å²) in [6.07, 6.45) is 2.73. The Morgan fingerprint density at radius 2 is 1.91 bits per heavy atom. The third-order valence-corrected chi connectivity index (χ3v) is 4.44. The molecule has 1 aliphatic heterocycles. The fourth-order valence-electron chi connectivity index (χ4n) is 2.85. The molecule has 0 spiro atoms. The predicted octanol–water partition coefficient (Wildman–Crippen LogP) is 3.74. The van der Waals surface area contributed by atoms with E-state index in [9.17, 15) is 0 Å². The van der Waals surface area contributed by atoms with Gasteiger partial charge in [0.05, 0.1) is 17.6 Å². The van der Waals surface area contributed by atoms with Gasteiger partial charge in [-0.25, -0.2) is 9.66 Å². The van der Waals surface area contributed by atoms with Crippen molar-refractivity contribution < 1.29 is 0 Å². The van der Waals surface area contributed by atoms with Gasteiger partial charge in [0.1, 0.15) is 5.82 Å². The van der Waals surface area contributed by atoms with Gasteiger partial charge in [-0.1, -0.05) is 34.1 Å². The molecule has 0 unspecified atom stereocenters. The van der Waals surface area contributed by atoms with E-state index in [2.05, 4.69) is 39.1 Å². The van der Waals surface area contributed by atoms with E-state index in [0.29, 0.717) is 0 Å². The van der Waals surface area contributed by atoms with Crippen molar-refractivity contribution in [2.45, 2.75) is 13.3 Å². The number of anilines is 1. The van der Waals surface area contributed by atoms with Crippen LogP contribution in [0.1, 0.15) is 28.2 Å². The smallest absolute Gasteiger partial charge is 0.134 e. The summed E-state index contributed by atoms with van der Waals surface area (Å²) < 4.78 is 2.92. The van der Waals surface area contributed by atoms with Gasteiger partial charge in [0.2, 0.25) is 0 Å². The molecule has 2 N–H and O–H groups in total. The monoisotopic (exact) mass is 366 g/mol. The molecule has 1 aliphatic rings. The summed E-state index contributed by atoms with van der Waals surface area (Å²) in [5.74, 6) is 0.955. The maximum absolute atomic E-state index is 5.82. The summed E-state index contributed by atoms with van der Waals surface area (Å²) in [6.45, 7) is 1.99. The van der Waals surface area contributed by atoms with E-state index in [0.717, 1.165) is 44.9 Å². The molecule has 114 valence electrons. The molecule has 0 aliphatic carbocycles. The first kappa shape index (κ1) is 14.2. The second-order valence-corrected chi connectivity index (χ2v) is 6.61. The van der Waals surface area contributed by atoms with Crippen molar-refractivity contribution in [3.05, 3.63) is 81.3 Å². The van der Waals surface area contributed by atoms with Crippen LogP contribution in [0.2, 0.25) is 0 Å². The molecule has 0 bridgehead atoms. The Morgan fingerprint density at radius 3 is 2.70 bits per heavy atom. The van der Waals surface area contributed by atoms with Gasteiger partial charge in [-0.05, 0) is 36.8 Å². The molecular formula is C18H15BrN4. The Morgan fingerprint density at radius 1 is 1.13 bits per heavy atom. The number of benzene rings is 2. The van der Waals surface area contributed by atoms with Crippen molar-refractivity contribution in [3.8, 4) is 0 Å². The molecule has 4 rings (SSSR count). The van der Waals surface area contributed by atoms with Gasteiger partial charge in [0.25, 0.3) is 0 Å². The zero-order valence-electron chi connectivity index (χ0n) is 12.6. The third kappa shape index (κ3) is 2.57. The molecule has 0 radical (unpaired) electrons. The lowest BCUT2D eigenvalue weighted by Gasteiger charge is -2.10. The number of nitrogen functional groups attached to an aromatic ring is 1. The van der Waals surface area contributed by atoms with Crippen molar-refractivity contribution in [1.29, 1.82) is 0 Å². The van der Waals surface area contributed by atoms with Gasteiger partial charge in [-0.2, -0.15) is 5.10 Å². The van der Waals surface area contributed by atoms with Crippen LogP contribution in [0.25, 0.3) is 0 Å². The van der Waals surface area contributed by atoms with Crippen LogP contribution in [0, 0.1) is 6.92 Å². The molecule has 0 atom stereocenters. The first-order valence-corrected chi connectivity index (χ1v) is 8.18. The molecule has 23 heavy (non-hydrogen) atoms. The largest absolute Gasteiger partial charge is 0.399 e. The highest BCUT2D eigenvalue weighted by Crippen LogP contribution is 2.26.